The zero-order valence-corrected chi connectivity index (χ0v) is 14.5. The van der Waals surface area contributed by atoms with E-state index >= 15 is 0 Å². The Balaban J connectivity index is 3.10. The lowest BCUT2D eigenvalue weighted by Crippen LogP contribution is -2.51. The molecule has 0 aliphatic carbocycles. The highest BCUT2D eigenvalue weighted by Gasteiger charge is 2.37. The lowest BCUT2D eigenvalue weighted by atomic mass is 10.0. The molecule has 0 fully saturated rings. The number of ether oxygens (including phenoxy) is 1. The largest absolute Gasteiger partial charge is 0.464 e. The number of halogens is 1. The maximum absolute atomic E-state index is 12.6. The molecule has 4 nitrogen and oxygen atoms in total. The molecule has 1 aromatic carbocycles. The topological polar surface area (TPSA) is 46.6 Å². The zero-order chi connectivity index (χ0) is 16.2. The zero-order valence-electron chi connectivity index (χ0n) is 12.9. The Hall–Kier alpha value is -1.20. The minimum Gasteiger partial charge on any atom is -0.464 e. The van der Waals surface area contributed by atoms with Crippen LogP contribution in [0.25, 0.3) is 0 Å². The molecule has 0 aliphatic rings. The van der Waals surface area contributed by atoms with Crippen LogP contribution in [0.3, 0.4) is 0 Å². The standard InChI is InChI=1S/C15H20ClNO3S/c1-6-20-14(19)15(2,3)17(4)13(18)11-9-10(21-5)7-8-12(11)16/h7-9H,6H2,1-5H3. The first-order valence-electron chi connectivity index (χ1n) is 6.54. The summed E-state index contributed by atoms with van der Waals surface area (Å²) >= 11 is 7.63. The third-order valence-corrected chi connectivity index (χ3v) is 4.38. The smallest absolute Gasteiger partial charge is 0.331 e. The van der Waals surface area contributed by atoms with E-state index in [-0.39, 0.29) is 12.5 Å². The Kier molecular flexibility index (Phi) is 6.10. The van der Waals surface area contributed by atoms with E-state index in [0.717, 1.165) is 4.90 Å². The molecule has 6 heteroatoms. The quantitative estimate of drug-likeness (QED) is 0.613. The Labute approximate surface area is 134 Å². The van der Waals surface area contributed by atoms with Gasteiger partial charge >= 0.3 is 5.97 Å². The lowest BCUT2D eigenvalue weighted by molar-refractivity contribution is -0.153. The first kappa shape index (κ1) is 17.9. The fraction of sp³-hybridized carbons (Fsp3) is 0.467. The number of carbonyl (C=O) groups is 2. The number of rotatable bonds is 5. The molecule has 0 aromatic heterocycles. The van der Waals surface area contributed by atoms with Crippen LogP contribution in [0, 0.1) is 0 Å². The number of hydrogen-bond donors (Lipinski definition) is 0. The number of amides is 1. The van der Waals surface area contributed by atoms with Gasteiger partial charge in [0.2, 0.25) is 0 Å². The summed E-state index contributed by atoms with van der Waals surface area (Å²) in [6, 6.07) is 5.26. The van der Waals surface area contributed by atoms with Gasteiger partial charge in [-0.3, -0.25) is 4.79 Å². The second kappa shape index (κ2) is 7.18. The minimum atomic E-state index is -1.06. The van der Waals surface area contributed by atoms with Crippen molar-refractivity contribution in [2.45, 2.75) is 31.2 Å². The summed E-state index contributed by atoms with van der Waals surface area (Å²) in [6.07, 6.45) is 1.92. The SMILES string of the molecule is CCOC(=O)C(C)(C)N(C)C(=O)c1cc(SC)ccc1Cl. The molecular weight excluding hydrogens is 310 g/mol. The average molecular weight is 330 g/mol. The van der Waals surface area contributed by atoms with Crippen LogP contribution < -0.4 is 0 Å². The van der Waals surface area contributed by atoms with E-state index in [4.69, 9.17) is 16.3 Å². The van der Waals surface area contributed by atoms with Crippen molar-refractivity contribution in [2.24, 2.45) is 0 Å². The van der Waals surface area contributed by atoms with Crippen LogP contribution in [0.15, 0.2) is 23.1 Å². The molecule has 0 radical (unpaired) electrons. The lowest BCUT2D eigenvalue weighted by Gasteiger charge is -2.33. The van der Waals surface area contributed by atoms with Gasteiger partial charge in [-0.15, -0.1) is 11.8 Å². The fourth-order valence-corrected chi connectivity index (χ4v) is 2.31. The van der Waals surface area contributed by atoms with Gasteiger partial charge in [0.25, 0.3) is 5.91 Å². The molecule has 0 heterocycles. The van der Waals surface area contributed by atoms with Gasteiger partial charge in [0.15, 0.2) is 0 Å². The molecule has 0 atom stereocenters. The third kappa shape index (κ3) is 3.92. The normalized spacial score (nSPS) is 11.1. The van der Waals surface area contributed by atoms with Gasteiger partial charge in [0, 0.05) is 11.9 Å². The van der Waals surface area contributed by atoms with Gasteiger partial charge in [0.05, 0.1) is 17.2 Å². The molecule has 0 aliphatic heterocycles. The Morgan fingerprint density at radius 1 is 1.38 bits per heavy atom. The van der Waals surface area contributed by atoms with Crippen molar-refractivity contribution in [1.29, 1.82) is 0 Å². The summed E-state index contributed by atoms with van der Waals surface area (Å²) in [4.78, 5) is 26.9. The molecule has 1 aromatic rings. The van der Waals surface area contributed by atoms with E-state index in [1.165, 1.54) is 16.7 Å². The van der Waals surface area contributed by atoms with Crippen molar-refractivity contribution in [3.63, 3.8) is 0 Å². The highest BCUT2D eigenvalue weighted by atomic mass is 35.5. The maximum atomic E-state index is 12.6. The van der Waals surface area contributed by atoms with Crippen LogP contribution in [0.1, 0.15) is 31.1 Å². The first-order valence-corrected chi connectivity index (χ1v) is 8.14. The summed E-state index contributed by atoms with van der Waals surface area (Å²) in [5, 5.41) is 0.365. The van der Waals surface area contributed by atoms with Gasteiger partial charge in [-0.1, -0.05) is 11.6 Å². The van der Waals surface area contributed by atoms with Crippen LogP contribution in [0.5, 0.6) is 0 Å². The number of nitrogens with zero attached hydrogens (tertiary/aromatic N) is 1. The van der Waals surface area contributed by atoms with E-state index < -0.39 is 11.5 Å². The van der Waals surface area contributed by atoms with Crippen LogP contribution in [-0.4, -0.2) is 42.2 Å². The molecule has 0 bridgehead atoms. The van der Waals surface area contributed by atoms with Crippen molar-refractivity contribution in [3.8, 4) is 0 Å². The van der Waals surface area contributed by atoms with E-state index in [1.807, 2.05) is 12.3 Å². The molecular formula is C15H20ClNO3S. The minimum absolute atomic E-state index is 0.271. The molecule has 1 amide bonds. The molecule has 21 heavy (non-hydrogen) atoms. The van der Waals surface area contributed by atoms with Crippen molar-refractivity contribution in [2.75, 3.05) is 19.9 Å². The van der Waals surface area contributed by atoms with Gasteiger partial charge < -0.3 is 9.64 Å². The highest BCUT2D eigenvalue weighted by molar-refractivity contribution is 7.98. The summed E-state index contributed by atoms with van der Waals surface area (Å²) in [7, 11) is 1.57. The van der Waals surface area contributed by atoms with E-state index in [0.29, 0.717) is 10.6 Å². The molecule has 116 valence electrons. The summed E-state index contributed by atoms with van der Waals surface area (Å²) in [5.41, 5.74) is -0.686. The van der Waals surface area contributed by atoms with Crippen molar-refractivity contribution >= 4 is 35.2 Å². The van der Waals surface area contributed by atoms with Crippen LogP contribution >= 0.6 is 23.4 Å². The molecule has 0 N–H and O–H groups in total. The number of thioether (sulfide) groups is 1. The monoisotopic (exact) mass is 329 g/mol. The number of hydrogen-bond acceptors (Lipinski definition) is 4. The Morgan fingerprint density at radius 3 is 2.52 bits per heavy atom. The predicted molar refractivity (Wildman–Crippen MR) is 86.0 cm³/mol. The molecule has 1 rings (SSSR count). The summed E-state index contributed by atoms with van der Waals surface area (Å²) in [6.45, 7) is 5.30. The molecule has 0 saturated carbocycles. The van der Waals surface area contributed by atoms with E-state index in [9.17, 15) is 9.59 Å². The van der Waals surface area contributed by atoms with Crippen LogP contribution in [0.2, 0.25) is 5.02 Å². The number of carbonyl (C=O) groups excluding carboxylic acids is 2. The van der Waals surface area contributed by atoms with Gasteiger partial charge in [-0.05, 0) is 45.2 Å². The molecule has 0 spiro atoms. The van der Waals surface area contributed by atoms with Crippen molar-refractivity contribution in [1.82, 2.24) is 4.90 Å². The second-order valence-corrected chi connectivity index (χ2v) is 6.28. The van der Waals surface area contributed by atoms with Crippen LogP contribution in [-0.2, 0) is 9.53 Å². The number of esters is 1. The third-order valence-electron chi connectivity index (χ3n) is 3.32. The number of likely N-dealkylation sites (N-methyl/N-ethyl adjacent to an activating group) is 1. The number of benzene rings is 1. The van der Waals surface area contributed by atoms with Gasteiger partial charge in [-0.25, -0.2) is 4.79 Å². The highest BCUT2D eigenvalue weighted by Crippen LogP contribution is 2.26. The fourth-order valence-electron chi connectivity index (χ4n) is 1.67. The van der Waals surface area contributed by atoms with Crippen molar-refractivity contribution < 1.29 is 14.3 Å². The summed E-state index contributed by atoms with van der Waals surface area (Å²) in [5.74, 6) is -0.757. The molecule has 0 unspecified atom stereocenters. The second-order valence-electron chi connectivity index (χ2n) is 4.99. The maximum Gasteiger partial charge on any atom is 0.331 e. The Bertz CT molecular complexity index is 546. The van der Waals surface area contributed by atoms with Gasteiger partial charge in [-0.2, -0.15) is 0 Å². The van der Waals surface area contributed by atoms with Crippen LogP contribution in [0.4, 0.5) is 0 Å². The van der Waals surface area contributed by atoms with Crippen molar-refractivity contribution in [3.05, 3.63) is 28.8 Å². The molecule has 0 saturated heterocycles. The summed E-state index contributed by atoms with van der Waals surface area (Å²) < 4.78 is 5.02. The van der Waals surface area contributed by atoms with E-state index in [2.05, 4.69) is 0 Å². The predicted octanol–water partition coefficient (Wildman–Crippen LogP) is 3.48. The van der Waals surface area contributed by atoms with E-state index in [1.54, 1.807) is 40.0 Å². The Morgan fingerprint density at radius 2 is 2.00 bits per heavy atom. The van der Waals surface area contributed by atoms with Gasteiger partial charge in [0.1, 0.15) is 5.54 Å². The average Bonchev–Trinajstić information content (AvgIpc) is 2.46. The first-order chi connectivity index (χ1) is 9.75.